The zero-order valence-electron chi connectivity index (χ0n) is 16.8. The van der Waals surface area contributed by atoms with Crippen molar-refractivity contribution in [3.63, 3.8) is 0 Å². The number of aliphatic hydroxyl groups excluding tert-OH is 1. The Labute approximate surface area is 199 Å². The fourth-order valence-electron chi connectivity index (χ4n) is 3.11. The number of aliphatic hydroxyl groups is 1. The van der Waals surface area contributed by atoms with E-state index >= 15 is 0 Å². The molecule has 0 aliphatic carbocycles. The molecule has 0 amide bonds. The van der Waals surface area contributed by atoms with Gasteiger partial charge < -0.3 is 9.66 Å². The summed E-state index contributed by atoms with van der Waals surface area (Å²) in [4.78, 5) is 0. The Hall–Kier alpha value is 1.51. The molecule has 0 aromatic carbocycles. The summed E-state index contributed by atoms with van der Waals surface area (Å²) in [5.74, 6) is 0. The zero-order valence-corrected chi connectivity index (χ0v) is 20.8. The van der Waals surface area contributed by atoms with Crippen LogP contribution >= 0.6 is 0 Å². The third-order valence-electron chi connectivity index (χ3n) is 4.74. The monoisotopic (exact) mass is 402 g/mol. The van der Waals surface area contributed by atoms with E-state index in [4.69, 9.17) is 0 Å². The fraction of sp³-hybridized carbons (Fsp3) is 1.00. The normalized spacial score (nSPS) is 14.1. The molecule has 0 fully saturated rings. The molecule has 0 saturated heterocycles. The minimum absolute atomic E-state index is 0. The Morgan fingerprint density at radius 1 is 0.720 bits per heavy atom. The third-order valence-corrected chi connectivity index (χ3v) is 6.03. The summed E-state index contributed by atoms with van der Waals surface area (Å²) in [6, 6.07) is 0. The molecule has 0 radical (unpaired) electrons. The molecule has 1 N–H and O–H groups in total. The van der Waals surface area contributed by atoms with Crippen molar-refractivity contribution in [3.8, 4) is 0 Å². The Morgan fingerprint density at radius 3 is 1.52 bits per heavy atom. The van der Waals surface area contributed by atoms with Crippen molar-refractivity contribution < 1.29 is 69.5 Å². The van der Waals surface area contributed by atoms with Gasteiger partial charge in [0, 0.05) is 5.25 Å². The Kier molecular flexibility index (Phi) is 21.7. The summed E-state index contributed by atoms with van der Waals surface area (Å²) in [7, 11) is -4.16. The first-order valence-corrected chi connectivity index (χ1v) is 11.5. The van der Waals surface area contributed by atoms with Gasteiger partial charge in [0.15, 0.2) is 0 Å². The van der Waals surface area contributed by atoms with Crippen molar-refractivity contribution in [3.05, 3.63) is 0 Å². The number of rotatable bonds is 17. The van der Waals surface area contributed by atoms with Crippen LogP contribution in [0.1, 0.15) is 110 Å². The molecular formula is C19H39KO4S. The molecule has 25 heavy (non-hydrogen) atoms. The van der Waals surface area contributed by atoms with Gasteiger partial charge in [0.05, 0.1) is 16.2 Å². The van der Waals surface area contributed by atoms with E-state index in [1.807, 2.05) is 0 Å². The summed E-state index contributed by atoms with van der Waals surface area (Å²) >= 11 is 0. The van der Waals surface area contributed by atoms with Crippen molar-refractivity contribution in [1.82, 2.24) is 0 Å². The van der Waals surface area contributed by atoms with Crippen LogP contribution in [-0.2, 0) is 10.1 Å². The van der Waals surface area contributed by atoms with Crippen LogP contribution in [0.2, 0.25) is 0 Å². The van der Waals surface area contributed by atoms with E-state index < -0.39 is 15.4 Å². The summed E-state index contributed by atoms with van der Waals surface area (Å²) in [5, 5.41) is 9.20. The SMILES string of the molecule is CCCCCCC(O)CCCCCCC(CCCCC)S(=O)(=O)[O-].[K+]. The molecule has 0 aliphatic rings. The van der Waals surface area contributed by atoms with Crippen LogP contribution < -0.4 is 51.4 Å². The summed E-state index contributed by atoms with van der Waals surface area (Å²) in [5.41, 5.74) is 0. The smallest absolute Gasteiger partial charge is 0.748 e. The number of hydrogen-bond donors (Lipinski definition) is 1. The molecule has 146 valence electrons. The molecule has 6 heteroatoms. The molecule has 0 aliphatic heterocycles. The van der Waals surface area contributed by atoms with Gasteiger partial charge in [0.25, 0.3) is 0 Å². The molecule has 0 bridgehead atoms. The van der Waals surface area contributed by atoms with Gasteiger partial charge in [-0.25, -0.2) is 8.42 Å². The predicted octanol–water partition coefficient (Wildman–Crippen LogP) is 2.16. The van der Waals surface area contributed by atoms with Gasteiger partial charge >= 0.3 is 51.4 Å². The van der Waals surface area contributed by atoms with Crippen LogP contribution in [0.15, 0.2) is 0 Å². The van der Waals surface area contributed by atoms with E-state index in [0.29, 0.717) is 12.8 Å². The third kappa shape index (κ3) is 18.6. The minimum atomic E-state index is -4.16. The van der Waals surface area contributed by atoms with Gasteiger partial charge in [-0.05, 0) is 25.7 Å². The summed E-state index contributed by atoms with van der Waals surface area (Å²) in [6.07, 6.45) is 13.9. The molecule has 0 saturated carbocycles. The van der Waals surface area contributed by atoms with E-state index in [9.17, 15) is 18.1 Å². The number of hydrogen-bond acceptors (Lipinski definition) is 4. The average molecular weight is 403 g/mol. The topological polar surface area (TPSA) is 77.4 Å². The predicted molar refractivity (Wildman–Crippen MR) is 100 cm³/mol. The largest absolute Gasteiger partial charge is 1.00 e. The van der Waals surface area contributed by atoms with Crippen LogP contribution in [0.5, 0.6) is 0 Å². The molecule has 0 rings (SSSR count). The fourth-order valence-corrected chi connectivity index (χ4v) is 4.02. The van der Waals surface area contributed by atoms with E-state index in [1.54, 1.807) is 0 Å². The quantitative estimate of drug-likeness (QED) is 0.230. The summed E-state index contributed by atoms with van der Waals surface area (Å²) < 4.78 is 33.9. The van der Waals surface area contributed by atoms with Crippen molar-refractivity contribution in [2.45, 2.75) is 122 Å². The van der Waals surface area contributed by atoms with Crippen molar-refractivity contribution in [1.29, 1.82) is 0 Å². The van der Waals surface area contributed by atoms with Gasteiger partial charge in [-0.1, -0.05) is 84.5 Å². The van der Waals surface area contributed by atoms with E-state index in [0.717, 1.165) is 64.2 Å². The van der Waals surface area contributed by atoms with Crippen LogP contribution in [-0.4, -0.2) is 29.4 Å². The maximum absolute atomic E-state index is 11.3. The van der Waals surface area contributed by atoms with Gasteiger partial charge in [-0.3, -0.25) is 0 Å². The molecule has 2 atom stereocenters. The maximum atomic E-state index is 11.3. The van der Waals surface area contributed by atoms with Gasteiger partial charge in [-0.15, -0.1) is 0 Å². The van der Waals surface area contributed by atoms with Crippen LogP contribution in [0.4, 0.5) is 0 Å². The first-order chi connectivity index (χ1) is 11.4. The van der Waals surface area contributed by atoms with Crippen LogP contribution in [0, 0.1) is 0 Å². The molecule has 0 heterocycles. The second-order valence-electron chi connectivity index (χ2n) is 7.11. The second-order valence-corrected chi connectivity index (χ2v) is 8.76. The standard InChI is InChI=1S/C19H40O4S.K/c1-3-5-7-11-14-18(20)15-12-8-9-13-17-19(24(21,22)23)16-10-6-4-2;/h18-20H,3-17H2,1-2H3,(H,21,22,23);/q;+1/p-1. The number of unbranched alkanes of at least 4 members (excludes halogenated alkanes) is 8. The molecule has 0 aromatic heterocycles. The Bertz CT molecular complexity index is 374. The van der Waals surface area contributed by atoms with Crippen molar-refractivity contribution in [2.24, 2.45) is 0 Å². The molecule has 0 aromatic rings. The Morgan fingerprint density at radius 2 is 1.08 bits per heavy atom. The van der Waals surface area contributed by atoms with Crippen LogP contribution in [0.3, 0.4) is 0 Å². The van der Waals surface area contributed by atoms with Crippen molar-refractivity contribution in [2.75, 3.05) is 0 Å². The van der Waals surface area contributed by atoms with E-state index in [-0.39, 0.29) is 57.5 Å². The molecule has 0 spiro atoms. The minimum Gasteiger partial charge on any atom is -0.748 e. The van der Waals surface area contributed by atoms with Gasteiger partial charge in [-0.2, -0.15) is 0 Å². The average Bonchev–Trinajstić information content (AvgIpc) is 2.52. The first kappa shape index (κ1) is 28.7. The van der Waals surface area contributed by atoms with Crippen molar-refractivity contribution >= 4 is 10.1 Å². The zero-order chi connectivity index (χ0) is 18.3. The summed E-state index contributed by atoms with van der Waals surface area (Å²) in [6.45, 7) is 4.25. The Balaban J connectivity index is 0. The second kappa shape index (κ2) is 18.9. The van der Waals surface area contributed by atoms with E-state index in [1.165, 1.54) is 19.3 Å². The van der Waals surface area contributed by atoms with E-state index in [2.05, 4.69) is 13.8 Å². The first-order valence-electron chi connectivity index (χ1n) is 10.0. The molecular weight excluding hydrogens is 363 g/mol. The molecule has 4 nitrogen and oxygen atoms in total. The maximum Gasteiger partial charge on any atom is 1.00 e. The van der Waals surface area contributed by atoms with Gasteiger partial charge in [0.1, 0.15) is 0 Å². The van der Waals surface area contributed by atoms with Gasteiger partial charge in [0.2, 0.25) is 0 Å². The van der Waals surface area contributed by atoms with Crippen LogP contribution in [0.25, 0.3) is 0 Å². The molecule has 2 unspecified atom stereocenters.